The van der Waals surface area contributed by atoms with E-state index in [2.05, 4.69) is 4.90 Å². The van der Waals surface area contributed by atoms with Crippen molar-refractivity contribution in [2.75, 3.05) is 34.4 Å². The number of ether oxygens (including phenoxy) is 3. The number of phenols is 1. The van der Waals surface area contributed by atoms with Crippen LogP contribution in [0.2, 0.25) is 0 Å². The van der Waals surface area contributed by atoms with Crippen LogP contribution < -0.4 is 19.6 Å². The minimum absolute atomic E-state index is 0.117. The molecule has 2 aromatic carbocycles. The average molecular weight is 425 g/mol. The van der Waals surface area contributed by atoms with Gasteiger partial charge in [-0.15, -0.1) is 0 Å². The van der Waals surface area contributed by atoms with E-state index in [9.17, 15) is 9.90 Å². The van der Waals surface area contributed by atoms with E-state index < -0.39 is 0 Å². The summed E-state index contributed by atoms with van der Waals surface area (Å²) in [7, 11) is 4.60. The molecule has 3 aromatic rings. The molecule has 1 aliphatic heterocycles. The largest absolute Gasteiger partial charge is 0.508 e. The Kier molecular flexibility index (Phi) is 6.04. The molecule has 0 aliphatic carbocycles. The molecule has 0 atom stereocenters. The van der Waals surface area contributed by atoms with Gasteiger partial charge in [-0.05, 0) is 50.2 Å². The molecule has 0 saturated carbocycles. The first-order valence-corrected chi connectivity index (χ1v) is 10.4. The van der Waals surface area contributed by atoms with Crippen molar-refractivity contribution in [2.24, 2.45) is 0 Å². The van der Waals surface area contributed by atoms with E-state index in [0.29, 0.717) is 51.6 Å². The number of rotatable bonds is 6. The molecular weight excluding hydrogens is 398 g/mol. The Morgan fingerprint density at radius 3 is 2.26 bits per heavy atom. The minimum atomic E-state index is -0.201. The second-order valence-electron chi connectivity index (χ2n) is 7.66. The number of hydrogen-bond acceptors (Lipinski definition) is 7. The summed E-state index contributed by atoms with van der Waals surface area (Å²) in [5.74, 6) is 1.90. The Morgan fingerprint density at radius 1 is 0.968 bits per heavy atom. The number of benzene rings is 2. The van der Waals surface area contributed by atoms with Crippen LogP contribution >= 0.6 is 0 Å². The summed E-state index contributed by atoms with van der Waals surface area (Å²) >= 11 is 0. The smallest absolute Gasteiger partial charge is 0.203 e. The van der Waals surface area contributed by atoms with E-state index in [1.54, 1.807) is 24.3 Å². The summed E-state index contributed by atoms with van der Waals surface area (Å²) in [5.41, 5.74) is 1.47. The number of methoxy groups -OCH3 is 3. The summed E-state index contributed by atoms with van der Waals surface area (Å²) in [5, 5.41) is 10.9. The molecule has 1 aliphatic rings. The van der Waals surface area contributed by atoms with Gasteiger partial charge in [0.05, 0.1) is 26.7 Å². The van der Waals surface area contributed by atoms with E-state index in [0.717, 1.165) is 25.9 Å². The van der Waals surface area contributed by atoms with Gasteiger partial charge in [-0.2, -0.15) is 0 Å². The molecule has 164 valence electrons. The second-order valence-corrected chi connectivity index (χ2v) is 7.66. The zero-order valence-corrected chi connectivity index (χ0v) is 18.1. The van der Waals surface area contributed by atoms with Gasteiger partial charge in [0.15, 0.2) is 16.9 Å². The van der Waals surface area contributed by atoms with Crippen LogP contribution in [0.25, 0.3) is 22.3 Å². The maximum absolute atomic E-state index is 13.1. The maximum atomic E-state index is 13.1. The fourth-order valence-electron chi connectivity index (χ4n) is 4.18. The number of phenolic OH excluding ortho intramolecular Hbond substituents is 1. The zero-order chi connectivity index (χ0) is 22.0. The number of nitrogens with zero attached hydrogens (tertiary/aromatic N) is 1. The van der Waals surface area contributed by atoms with Crippen LogP contribution in [-0.2, 0) is 6.54 Å². The first kappa shape index (κ1) is 21.1. The molecule has 7 nitrogen and oxygen atoms in total. The predicted molar refractivity (Wildman–Crippen MR) is 118 cm³/mol. The molecule has 2 heterocycles. The van der Waals surface area contributed by atoms with Crippen molar-refractivity contribution < 1.29 is 23.7 Å². The van der Waals surface area contributed by atoms with Gasteiger partial charge in [0.1, 0.15) is 17.1 Å². The third-order valence-corrected chi connectivity index (χ3v) is 5.76. The normalized spacial score (nSPS) is 14.5. The molecule has 7 heteroatoms. The van der Waals surface area contributed by atoms with Crippen LogP contribution in [0.1, 0.15) is 24.8 Å². The standard InChI is InChI=1S/C24H27NO6/c1-28-21-11-15(12-22(29-2)24(21)30-3)20-13-18(27)23-16(14-25-9-5-4-6-10-25)17(26)7-8-19(23)31-20/h7-8,11-13,26H,4-6,9-10,14H2,1-3H3. The van der Waals surface area contributed by atoms with Gasteiger partial charge >= 0.3 is 0 Å². The fourth-order valence-corrected chi connectivity index (χ4v) is 4.18. The highest BCUT2D eigenvalue weighted by atomic mass is 16.5. The van der Waals surface area contributed by atoms with Gasteiger partial charge in [0.2, 0.25) is 5.75 Å². The van der Waals surface area contributed by atoms with Crippen molar-refractivity contribution in [2.45, 2.75) is 25.8 Å². The average Bonchev–Trinajstić information content (AvgIpc) is 2.80. The van der Waals surface area contributed by atoms with Gasteiger partial charge in [-0.25, -0.2) is 0 Å². The lowest BCUT2D eigenvalue weighted by molar-refractivity contribution is 0.219. The lowest BCUT2D eigenvalue weighted by Gasteiger charge is -2.27. The molecule has 1 N–H and O–H groups in total. The summed E-state index contributed by atoms with van der Waals surface area (Å²) < 4.78 is 22.3. The highest BCUT2D eigenvalue weighted by Gasteiger charge is 2.20. The van der Waals surface area contributed by atoms with Crippen molar-refractivity contribution in [1.29, 1.82) is 0 Å². The Balaban J connectivity index is 1.82. The van der Waals surface area contributed by atoms with Crippen LogP contribution in [-0.4, -0.2) is 44.4 Å². The molecule has 1 aromatic heterocycles. The van der Waals surface area contributed by atoms with Crippen molar-refractivity contribution >= 4 is 11.0 Å². The third kappa shape index (κ3) is 4.05. The summed E-state index contributed by atoms with van der Waals surface area (Å²) in [6.07, 6.45) is 3.48. The van der Waals surface area contributed by atoms with E-state index in [1.165, 1.54) is 33.8 Å². The Hall–Kier alpha value is -3.19. The topological polar surface area (TPSA) is 81.4 Å². The van der Waals surface area contributed by atoms with Crippen LogP contribution in [0.5, 0.6) is 23.0 Å². The molecule has 0 spiro atoms. The van der Waals surface area contributed by atoms with Gasteiger partial charge in [0, 0.05) is 23.7 Å². The monoisotopic (exact) mass is 425 g/mol. The van der Waals surface area contributed by atoms with Crippen LogP contribution in [0, 0.1) is 0 Å². The molecule has 0 radical (unpaired) electrons. The van der Waals surface area contributed by atoms with E-state index in [4.69, 9.17) is 18.6 Å². The number of fused-ring (bicyclic) bond motifs is 1. The molecular formula is C24H27NO6. The number of piperidine rings is 1. The highest BCUT2D eigenvalue weighted by Crippen LogP contribution is 2.41. The van der Waals surface area contributed by atoms with E-state index >= 15 is 0 Å². The van der Waals surface area contributed by atoms with Crippen LogP contribution in [0.4, 0.5) is 0 Å². The summed E-state index contributed by atoms with van der Waals surface area (Å²) in [6.45, 7) is 2.45. The fraction of sp³-hybridized carbons (Fsp3) is 0.375. The van der Waals surface area contributed by atoms with Gasteiger partial charge < -0.3 is 23.7 Å². The number of hydrogen-bond donors (Lipinski definition) is 1. The highest BCUT2D eigenvalue weighted by molar-refractivity contribution is 5.84. The van der Waals surface area contributed by atoms with E-state index in [1.807, 2.05) is 0 Å². The molecule has 0 amide bonds. The Labute approximate surface area is 180 Å². The molecule has 0 bridgehead atoms. The molecule has 4 rings (SSSR count). The maximum Gasteiger partial charge on any atom is 0.203 e. The van der Waals surface area contributed by atoms with Crippen molar-refractivity contribution in [3.8, 4) is 34.3 Å². The third-order valence-electron chi connectivity index (χ3n) is 5.76. The van der Waals surface area contributed by atoms with Crippen molar-refractivity contribution in [3.05, 3.63) is 46.1 Å². The first-order valence-electron chi connectivity index (χ1n) is 10.4. The molecule has 1 fully saturated rings. The SMILES string of the molecule is COc1cc(-c2cc(=O)c3c(CN4CCCCC4)c(O)ccc3o2)cc(OC)c1OC. The zero-order valence-electron chi connectivity index (χ0n) is 18.1. The molecule has 31 heavy (non-hydrogen) atoms. The minimum Gasteiger partial charge on any atom is -0.508 e. The van der Waals surface area contributed by atoms with Crippen LogP contribution in [0.3, 0.4) is 0 Å². The Bertz CT molecular complexity index is 1120. The van der Waals surface area contributed by atoms with Crippen molar-refractivity contribution in [1.82, 2.24) is 4.90 Å². The summed E-state index contributed by atoms with van der Waals surface area (Å²) in [6, 6.07) is 8.14. The van der Waals surface area contributed by atoms with Gasteiger partial charge in [-0.1, -0.05) is 6.42 Å². The quantitative estimate of drug-likeness (QED) is 0.635. The molecule has 0 unspecified atom stereocenters. The van der Waals surface area contributed by atoms with Gasteiger partial charge in [0.25, 0.3) is 0 Å². The van der Waals surface area contributed by atoms with Crippen molar-refractivity contribution in [3.63, 3.8) is 0 Å². The lowest BCUT2D eigenvalue weighted by atomic mass is 10.0. The lowest BCUT2D eigenvalue weighted by Crippen LogP contribution is -2.29. The van der Waals surface area contributed by atoms with E-state index in [-0.39, 0.29) is 11.2 Å². The number of likely N-dealkylation sites (tertiary alicyclic amines) is 1. The molecule has 1 saturated heterocycles. The second kappa shape index (κ2) is 8.89. The van der Waals surface area contributed by atoms with Crippen LogP contribution in [0.15, 0.2) is 39.5 Å². The predicted octanol–water partition coefficient (Wildman–Crippen LogP) is 4.18. The first-order chi connectivity index (χ1) is 15.0. The van der Waals surface area contributed by atoms with Gasteiger partial charge in [-0.3, -0.25) is 9.69 Å². The number of aromatic hydroxyl groups is 1. The Morgan fingerprint density at radius 2 is 1.65 bits per heavy atom. The summed E-state index contributed by atoms with van der Waals surface area (Å²) in [4.78, 5) is 15.4.